The fourth-order valence-electron chi connectivity index (χ4n) is 0.212. The molecule has 46 valence electrons. The second-order valence-corrected chi connectivity index (χ2v) is 0.959. The average molecular weight is 116 g/mol. The minimum Gasteiger partial charge on any atom is -0.400 e. The summed E-state index contributed by atoms with van der Waals surface area (Å²) in [5, 5.41) is 19.7. The Morgan fingerprint density at radius 1 is 1.50 bits per heavy atom. The van der Waals surface area contributed by atoms with Gasteiger partial charge in [-0.15, -0.1) is 10.2 Å². The molecule has 0 fully saturated rings. The second-order valence-electron chi connectivity index (χ2n) is 0.959. The SMILES string of the molecule is CO.Cc1nn[nH]n1. The van der Waals surface area contributed by atoms with Gasteiger partial charge in [-0.25, -0.2) is 0 Å². The van der Waals surface area contributed by atoms with Crippen LogP contribution in [0.25, 0.3) is 0 Å². The number of aryl methyl sites for hydroxylation is 1. The van der Waals surface area contributed by atoms with Crippen molar-refractivity contribution in [3.63, 3.8) is 0 Å². The summed E-state index contributed by atoms with van der Waals surface area (Å²) in [7, 11) is 1.00. The summed E-state index contributed by atoms with van der Waals surface area (Å²) in [5.74, 6) is 0.676. The van der Waals surface area contributed by atoms with Gasteiger partial charge in [0.1, 0.15) is 0 Å². The third-order valence-corrected chi connectivity index (χ3v) is 0.451. The summed E-state index contributed by atoms with van der Waals surface area (Å²) in [6.07, 6.45) is 0. The summed E-state index contributed by atoms with van der Waals surface area (Å²) in [6.45, 7) is 1.77. The normalized spacial score (nSPS) is 7.38. The molecule has 1 aromatic heterocycles. The van der Waals surface area contributed by atoms with E-state index in [4.69, 9.17) is 5.11 Å². The standard InChI is InChI=1S/C2H4N4.CH4O/c1-2-3-5-6-4-2;1-2/h1H3,(H,3,4,5,6);2H,1H3. The predicted octanol–water partition coefficient (Wildman–Crippen LogP) is -0.883. The molecule has 0 atom stereocenters. The van der Waals surface area contributed by atoms with Crippen LogP contribution in [0.1, 0.15) is 5.82 Å². The number of aliphatic hydroxyl groups excluding tert-OH is 1. The number of aromatic amines is 1. The van der Waals surface area contributed by atoms with Gasteiger partial charge in [0.15, 0.2) is 5.82 Å². The Hall–Kier alpha value is -0.970. The summed E-state index contributed by atoms with van der Waals surface area (Å²) >= 11 is 0. The summed E-state index contributed by atoms with van der Waals surface area (Å²) in [6, 6.07) is 0. The molecule has 0 radical (unpaired) electrons. The highest BCUT2D eigenvalue weighted by Crippen LogP contribution is 1.69. The number of aromatic nitrogens is 4. The van der Waals surface area contributed by atoms with Crippen LogP contribution in [0.15, 0.2) is 0 Å². The van der Waals surface area contributed by atoms with E-state index in [0.29, 0.717) is 5.82 Å². The topological polar surface area (TPSA) is 74.7 Å². The van der Waals surface area contributed by atoms with E-state index in [2.05, 4.69) is 20.6 Å². The van der Waals surface area contributed by atoms with Gasteiger partial charge in [0.05, 0.1) is 0 Å². The Balaban J connectivity index is 0.000000222. The van der Waals surface area contributed by atoms with E-state index in [-0.39, 0.29) is 0 Å². The predicted molar refractivity (Wildman–Crippen MR) is 27.1 cm³/mol. The van der Waals surface area contributed by atoms with Crippen molar-refractivity contribution in [1.29, 1.82) is 0 Å². The lowest BCUT2D eigenvalue weighted by Gasteiger charge is -1.59. The number of aliphatic hydroxyl groups is 1. The second kappa shape index (κ2) is 4.20. The number of hydrogen-bond donors (Lipinski definition) is 2. The molecule has 0 spiro atoms. The molecule has 1 rings (SSSR count). The van der Waals surface area contributed by atoms with Crippen molar-refractivity contribution in [2.24, 2.45) is 0 Å². The van der Waals surface area contributed by atoms with Crippen LogP contribution >= 0.6 is 0 Å². The van der Waals surface area contributed by atoms with Crippen molar-refractivity contribution < 1.29 is 5.11 Å². The highest BCUT2D eigenvalue weighted by atomic mass is 16.2. The lowest BCUT2D eigenvalue weighted by Crippen LogP contribution is -1.69. The van der Waals surface area contributed by atoms with Crippen LogP contribution in [0.4, 0.5) is 0 Å². The minimum atomic E-state index is 0.676. The highest BCUT2D eigenvalue weighted by molar-refractivity contribution is 4.63. The van der Waals surface area contributed by atoms with Crippen LogP contribution < -0.4 is 0 Å². The molecule has 1 aromatic rings. The third-order valence-electron chi connectivity index (χ3n) is 0.451. The van der Waals surface area contributed by atoms with Crippen molar-refractivity contribution in [2.75, 3.05) is 7.11 Å². The van der Waals surface area contributed by atoms with Gasteiger partial charge in [0.25, 0.3) is 0 Å². The molecular weight excluding hydrogens is 108 g/mol. The number of H-pyrrole nitrogens is 1. The number of rotatable bonds is 0. The van der Waals surface area contributed by atoms with Crippen molar-refractivity contribution in [3.05, 3.63) is 5.82 Å². The molecular formula is C3H8N4O. The van der Waals surface area contributed by atoms with Crippen LogP contribution in [-0.2, 0) is 0 Å². The van der Waals surface area contributed by atoms with E-state index in [1.165, 1.54) is 0 Å². The average Bonchev–Trinajstić information content (AvgIpc) is 2.24. The number of tetrazole rings is 1. The Kier molecular flexibility index (Phi) is 3.69. The molecule has 0 aromatic carbocycles. The van der Waals surface area contributed by atoms with E-state index in [0.717, 1.165) is 7.11 Å². The van der Waals surface area contributed by atoms with E-state index in [9.17, 15) is 0 Å². The zero-order valence-electron chi connectivity index (χ0n) is 4.79. The Bertz CT molecular complexity index is 115. The van der Waals surface area contributed by atoms with Gasteiger partial charge in [-0.05, 0) is 6.92 Å². The largest absolute Gasteiger partial charge is 0.400 e. The van der Waals surface area contributed by atoms with Gasteiger partial charge in [-0.1, -0.05) is 5.21 Å². The Morgan fingerprint density at radius 3 is 2.25 bits per heavy atom. The Morgan fingerprint density at radius 2 is 2.12 bits per heavy atom. The van der Waals surface area contributed by atoms with Crippen molar-refractivity contribution >= 4 is 0 Å². The van der Waals surface area contributed by atoms with Crippen LogP contribution in [-0.4, -0.2) is 32.8 Å². The number of hydrogen-bond acceptors (Lipinski definition) is 4. The maximum atomic E-state index is 7.00. The van der Waals surface area contributed by atoms with Gasteiger partial charge < -0.3 is 5.11 Å². The first-order chi connectivity index (χ1) is 3.89. The van der Waals surface area contributed by atoms with Gasteiger partial charge in [-0.2, -0.15) is 5.21 Å². The monoisotopic (exact) mass is 116 g/mol. The van der Waals surface area contributed by atoms with E-state index in [1.807, 2.05) is 0 Å². The smallest absolute Gasteiger partial charge is 0.171 e. The van der Waals surface area contributed by atoms with Gasteiger partial charge in [-0.3, -0.25) is 0 Å². The minimum absolute atomic E-state index is 0.676. The Labute approximate surface area is 46.7 Å². The van der Waals surface area contributed by atoms with Crippen LogP contribution in [0, 0.1) is 6.92 Å². The van der Waals surface area contributed by atoms with E-state index >= 15 is 0 Å². The molecule has 5 heteroatoms. The third kappa shape index (κ3) is 2.25. The number of nitrogens with one attached hydrogen (secondary N) is 1. The zero-order chi connectivity index (χ0) is 6.41. The molecule has 0 bridgehead atoms. The molecule has 0 saturated carbocycles. The molecule has 0 saturated heterocycles. The maximum absolute atomic E-state index is 7.00. The summed E-state index contributed by atoms with van der Waals surface area (Å²) in [4.78, 5) is 0. The maximum Gasteiger partial charge on any atom is 0.171 e. The van der Waals surface area contributed by atoms with Gasteiger partial charge >= 0.3 is 0 Å². The number of nitrogens with zero attached hydrogens (tertiary/aromatic N) is 3. The molecule has 1 heterocycles. The van der Waals surface area contributed by atoms with Crippen LogP contribution in [0.3, 0.4) is 0 Å². The molecule has 0 aliphatic rings. The molecule has 0 aliphatic carbocycles. The molecule has 0 unspecified atom stereocenters. The first-order valence-electron chi connectivity index (χ1n) is 2.04. The van der Waals surface area contributed by atoms with Crippen LogP contribution in [0.2, 0.25) is 0 Å². The lowest BCUT2D eigenvalue weighted by atomic mass is 10.8. The fraction of sp³-hybridized carbons (Fsp3) is 0.667. The van der Waals surface area contributed by atoms with Crippen molar-refractivity contribution in [1.82, 2.24) is 20.6 Å². The summed E-state index contributed by atoms with van der Waals surface area (Å²) in [5.41, 5.74) is 0. The van der Waals surface area contributed by atoms with Crippen molar-refractivity contribution in [3.8, 4) is 0 Å². The molecule has 0 aliphatic heterocycles. The lowest BCUT2D eigenvalue weighted by molar-refractivity contribution is 0.399. The molecule has 2 N–H and O–H groups in total. The van der Waals surface area contributed by atoms with Crippen molar-refractivity contribution in [2.45, 2.75) is 6.92 Å². The highest BCUT2D eigenvalue weighted by Gasteiger charge is 1.78. The van der Waals surface area contributed by atoms with Gasteiger partial charge in [0.2, 0.25) is 0 Å². The first-order valence-corrected chi connectivity index (χ1v) is 2.04. The molecule has 0 amide bonds. The zero-order valence-corrected chi connectivity index (χ0v) is 4.79. The van der Waals surface area contributed by atoms with Crippen LogP contribution in [0.5, 0.6) is 0 Å². The summed E-state index contributed by atoms with van der Waals surface area (Å²) < 4.78 is 0. The molecule has 8 heavy (non-hydrogen) atoms. The van der Waals surface area contributed by atoms with Gasteiger partial charge in [0, 0.05) is 7.11 Å². The quantitative estimate of drug-likeness (QED) is 0.461. The van der Waals surface area contributed by atoms with E-state index in [1.54, 1.807) is 6.92 Å². The first kappa shape index (κ1) is 7.03. The molecule has 5 nitrogen and oxygen atoms in total. The van der Waals surface area contributed by atoms with E-state index < -0.39 is 0 Å². The fourth-order valence-corrected chi connectivity index (χ4v) is 0.212.